The lowest BCUT2D eigenvalue weighted by atomic mass is 10.1. The topological polar surface area (TPSA) is 91.4 Å². The van der Waals surface area contributed by atoms with E-state index in [1.54, 1.807) is 17.5 Å². The summed E-state index contributed by atoms with van der Waals surface area (Å²) in [5, 5.41) is 7.42. The molecule has 0 saturated carbocycles. The van der Waals surface area contributed by atoms with Crippen LogP contribution in [-0.4, -0.2) is 40.7 Å². The fraction of sp³-hybridized carbons (Fsp3) is 0.280. The molecule has 34 heavy (non-hydrogen) atoms. The van der Waals surface area contributed by atoms with Gasteiger partial charge in [0.15, 0.2) is 5.13 Å². The van der Waals surface area contributed by atoms with Crippen molar-refractivity contribution in [1.82, 2.24) is 9.88 Å². The predicted octanol–water partition coefficient (Wildman–Crippen LogP) is 4.51. The lowest BCUT2D eigenvalue weighted by Gasteiger charge is -2.24. The number of amides is 3. The van der Waals surface area contributed by atoms with E-state index in [0.717, 1.165) is 5.56 Å². The second kappa shape index (κ2) is 11.5. The lowest BCUT2D eigenvalue weighted by Crippen LogP contribution is -2.40. The number of rotatable bonds is 9. The van der Waals surface area contributed by atoms with E-state index >= 15 is 0 Å². The average Bonchev–Trinajstić information content (AvgIpc) is 3.20. The van der Waals surface area contributed by atoms with Gasteiger partial charge >= 0.3 is 0 Å². The molecular weight excluding hydrogens is 455 g/mol. The Bertz CT molecular complexity index is 1160. The minimum atomic E-state index is -0.384. The molecule has 1 heterocycles. The van der Waals surface area contributed by atoms with Gasteiger partial charge in [-0.15, -0.1) is 11.3 Å². The third-order valence-electron chi connectivity index (χ3n) is 4.85. The van der Waals surface area contributed by atoms with E-state index in [-0.39, 0.29) is 42.4 Å². The summed E-state index contributed by atoms with van der Waals surface area (Å²) in [6, 6.07) is 12.8. The van der Waals surface area contributed by atoms with Crippen LogP contribution < -0.4 is 10.6 Å². The first kappa shape index (κ1) is 25.0. The smallest absolute Gasteiger partial charge is 0.254 e. The molecule has 0 atom stereocenters. The molecule has 0 spiro atoms. The Labute approximate surface area is 202 Å². The van der Waals surface area contributed by atoms with Gasteiger partial charge in [0.05, 0.1) is 12.1 Å². The maximum Gasteiger partial charge on any atom is 0.254 e. The number of benzene rings is 2. The van der Waals surface area contributed by atoms with E-state index < -0.39 is 0 Å². The molecule has 0 aliphatic carbocycles. The van der Waals surface area contributed by atoms with Crippen LogP contribution in [0.1, 0.15) is 35.5 Å². The molecule has 0 radical (unpaired) electrons. The quantitative estimate of drug-likeness (QED) is 0.470. The average molecular weight is 483 g/mol. The zero-order valence-corrected chi connectivity index (χ0v) is 20.1. The second-order valence-corrected chi connectivity index (χ2v) is 9.18. The predicted molar refractivity (Wildman–Crippen MR) is 131 cm³/mol. The highest BCUT2D eigenvalue weighted by atomic mass is 32.1. The monoisotopic (exact) mass is 482 g/mol. The molecule has 2 N–H and O–H groups in total. The van der Waals surface area contributed by atoms with Crippen LogP contribution in [-0.2, 0) is 16.0 Å². The summed E-state index contributed by atoms with van der Waals surface area (Å²) in [6.07, 6.45) is 0.00892. The fourth-order valence-corrected chi connectivity index (χ4v) is 4.05. The van der Waals surface area contributed by atoms with Gasteiger partial charge < -0.3 is 15.5 Å². The Morgan fingerprint density at radius 3 is 2.41 bits per heavy atom. The highest BCUT2D eigenvalue weighted by molar-refractivity contribution is 7.13. The zero-order valence-electron chi connectivity index (χ0n) is 19.3. The minimum Gasteiger partial charge on any atom is -0.329 e. The molecule has 3 aromatic rings. The number of carbonyl (C=O) groups excluding carboxylic acids is 3. The number of halogens is 1. The van der Waals surface area contributed by atoms with Gasteiger partial charge in [-0.05, 0) is 48.7 Å². The Morgan fingerprint density at radius 1 is 1.03 bits per heavy atom. The van der Waals surface area contributed by atoms with Gasteiger partial charge in [0.2, 0.25) is 11.8 Å². The van der Waals surface area contributed by atoms with Crippen molar-refractivity contribution in [2.75, 3.05) is 23.7 Å². The Kier molecular flexibility index (Phi) is 8.48. The standard InChI is InChI=1S/C25H27FN4O3S/c1-16(2)13-30(24(33)21-7-5-4-6-17(21)3)14-23(32)29-25-28-20(15-34-25)12-22(31)27-19-10-8-18(26)9-11-19/h4-11,15-16H,12-14H2,1-3H3,(H,27,31)(H,28,29,32). The van der Waals surface area contributed by atoms with E-state index in [2.05, 4.69) is 15.6 Å². The first-order chi connectivity index (χ1) is 16.2. The highest BCUT2D eigenvalue weighted by Crippen LogP contribution is 2.18. The van der Waals surface area contributed by atoms with Gasteiger partial charge in [-0.1, -0.05) is 32.0 Å². The van der Waals surface area contributed by atoms with Crippen LogP contribution in [0.15, 0.2) is 53.9 Å². The van der Waals surface area contributed by atoms with Crippen molar-refractivity contribution in [1.29, 1.82) is 0 Å². The van der Waals surface area contributed by atoms with Crippen LogP contribution >= 0.6 is 11.3 Å². The number of aromatic nitrogens is 1. The SMILES string of the molecule is Cc1ccccc1C(=O)N(CC(=O)Nc1nc(CC(=O)Nc2ccc(F)cc2)cs1)CC(C)C. The number of hydrogen-bond donors (Lipinski definition) is 2. The molecule has 0 fully saturated rings. The van der Waals surface area contributed by atoms with E-state index in [9.17, 15) is 18.8 Å². The van der Waals surface area contributed by atoms with E-state index in [4.69, 9.17) is 0 Å². The number of nitrogens with one attached hydrogen (secondary N) is 2. The van der Waals surface area contributed by atoms with Crippen LogP contribution in [0.2, 0.25) is 0 Å². The molecular formula is C25H27FN4O3S. The van der Waals surface area contributed by atoms with Crippen molar-refractivity contribution in [3.63, 3.8) is 0 Å². The fourth-order valence-electron chi connectivity index (χ4n) is 3.32. The molecule has 2 aromatic carbocycles. The number of thiazole rings is 1. The van der Waals surface area contributed by atoms with Crippen molar-refractivity contribution in [2.24, 2.45) is 5.92 Å². The molecule has 0 aliphatic rings. The molecule has 3 amide bonds. The molecule has 7 nitrogen and oxygen atoms in total. The highest BCUT2D eigenvalue weighted by Gasteiger charge is 2.21. The first-order valence-electron chi connectivity index (χ1n) is 10.9. The third kappa shape index (κ3) is 7.21. The molecule has 1 aromatic heterocycles. The van der Waals surface area contributed by atoms with Gasteiger partial charge in [-0.3, -0.25) is 14.4 Å². The zero-order chi connectivity index (χ0) is 24.7. The number of carbonyl (C=O) groups is 3. The Hall–Kier alpha value is -3.59. The van der Waals surface area contributed by atoms with E-state index in [1.165, 1.54) is 40.5 Å². The summed E-state index contributed by atoms with van der Waals surface area (Å²) in [5.41, 5.74) is 2.40. The Balaban J connectivity index is 1.58. The van der Waals surface area contributed by atoms with Gasteiger partial charge in [-0.25, -0.2) is 9.37 Å². The molecule has 3 rings (SSSR count). The number of nitrogens with zero attached hydrogens (tertiary/aromatic N) is 2. The minimum absolute atomic E-state index is 0.00892. The summed E-state index contributed by atoms with van der Waals surface area (Å²) in [5.74, 6) is -1.06. The van der Waals surface area contributed by atoms with Crippen molar-refractivity contribution in [3.05, 3.63) is 76.5 Å². The summed E-state index contributed by atoms with van der Waals surface area (Å²) < 4.78 is 13.0. The lowest BCUT2D eigenvalue weighted by molar-refractivity contribution is -0.117. The Morgan fingerprint density at radius 2 is 1.74 bits per heavy atom. The van der Waals surface area contributed by atoms with Crippen LogP contribution in [0.5, 0.6) is 0 Å². The van der Waals surface area contributed by atoms with Crippen molar-refractivity contribution >= 4 is 39.9 Å². The van der Waals surface area contributed by atoms with Crippen LogP contribution in [0.3, 0.4) is 0 Å². The molecule has 0 aliphatic heterocycles. The molecule has 0 saturated heterocycles. The van der Waals surface area contributed by atoms with Crippen LogP contribution in [0, 0.1) is 18.7 Å². The van der Waals surface area contributed by atoms with Crippen molar-refractivity contribution in [2.45, 2.75) is 27.2 Å². The summed E-state index contributed by atoms with van der Waals surface area (Å²) in [4.78, 5) is 43.8. The third-order valence-corrected chi connectivity index (χ3v) is 5.66. The van der Waals surface area contributed by atoms with Gasteiger partial charge in [-0.2, -0.15) is 0 Å². The maximum absolute atomic E-state index is 13.1. The normalized spacial score (nSPS) is 10.7. The molecule has 0 unspecified atom stereocenters. The summed E-state index contributed by atoms with van der Waals surface area (Å²) in [7, 11) is 0. The summed E-state index contributed by atoms with van der Waals surface area (Å²) >= 11 is 1.20. The molecule has 178 valence electrons. The summed E-state index contributed by atoms with van der Waals surface area (Å²) in [6.45, 7) is 6.17. The first-order valence-corrected chi connectivity index (χ1v) is 11.7. The van der Waals surface area contributed by atoms with Crippen LogP contribution in [0.4, 0.5) is 15.2 Å². The van der Waals surface area contributed by atoms with Gasteiger partial charge in [0.25, 0.3) is 5.91 Å². The maximum atomic E-state index is 13.1. The number of anilines is 2. The molecule has 0 bridgehead atoms. The largest absolute Gasteiger partial charge is 0.329 e. The number of aryl methyl sites for hydroxylation is 1. The van der Waals surface area contributed by atoms with E-state index in [0.29, 0.717) is 28.6 Å². The number of hydrogen-bond acceptors (Lipinski definition) is 5. The second-order valence-electron chi connectivity index (χ2n) is 8.32. The van der Waals surface area contributed by atoms with Gasteiger partial charge in [0, 0.05) is 23.2 Å². The van der Waals surface area contributed by atoms with Crippen molar-refractivity contribution in [3.8, 4) is 0 Å². The van der Waals surface area contributed by atoms with Gasteiger partial charge in [0.1, 0.15) is 12.4 Å². The van der Waals surface area contributed by atoms with Crippen LogP contribution in [0.25, 0.3) is 0 Å². The van der Waals surface area contributed by atoms with Crippen molar-refractivity contribution < 1.29 is 18.8 Å². The van der Waals surface area contributed by atoms with E-state index in [1.807, 2.05) is 32.9 Å². The molecule has 9 heteroatoms.